The van der Waals surface area contributed by atoms with Gasteiger partial charge in [0.05, 0.1) is 0 Å². The lowest BCUT2D eigenvalue weighted by atomic mass is 9.84. The summed E-state index contributed by atoms with van der Waals surface area (Å²) in [4.78, 5) is 17.6. The van der Waals surface area contributed by atoms with Crippen molar-refractivity contribution in [1.82, 2.24) is 15.5 Å². The Bertz CT molecular complexity index is 365. The molecule has 1 saturated carbocycles. The molecule has 0 aliphatic heterocycles. The highest BCUT2D eigenvalue weighted by atomic mass is 16.2. The topological polar surface area (TPSA) is 56.7 Å². The molecule has 1 rings (SSSR count). The maximum absolute atomic E-state index is 11.7. The van der Waals surface area contributed by atoms with Gasteiger partial charge in [-0.3, -0.25) is 4.79 Å². The summed E-state index contributed by atoms with van der Waals surface area (Å²) in [5.74, 6) is 1.52. The molecule has 0 aromatic rings. The number of likely N-dealkylation sites (N-methyl/N-ethyl adjacent to an activating group) is 1. The van der Waals surface area contributed by atoms with Gasteiger partial charge in [0.25, 0.3) is 0 Å². The summed E-state index contributed by atoms with van der Waals surface area (Å²) in [6.45, 7) is 6.78. The number of hydrogen-bond acceptors (Lipinski definition) is 2. The fourth-order valence-corrected chi connectivity index (χ4v) is 2.60. The van der Waals surface area contributed by atoms with Crippen LogP contribution in [0, 0.1) is 5.92 Å². The third-order valence-electron chi connectivity index (χ3n) is 3.99. The molecule has 1 aliphatic rings. The van der Waals surface area contributed by atoms with Crippen molar-refractivity contribution in [3.05, 3.63) is 12.7 Å². The molecule has 0 aromatic heterocycles. The quantitative estimate of drug-likeness (QED) is 0.446. The molecule has 0 spiro atoms. The van der Waals surface area contributed by atoms with E-state index in [0.29, 0.717) is 18.5 Å². The van der Waals surface area contributed by atoms with Crippen molar-refractivity contribution in [3.8, 4) is 0 Å². The Labute approximate surface area is 128 Å². The molecule has 120 valence electrons. The van der Waals surface area contributed by atoms with E-state index in [1.54, 1.807) is 25.1 Å². The molecule has 1 aliphatic carbocycles. The van der Waals surface area contributed by atoms with Crippen LogP contribution in [0.3, 0.4) is 0 Å². The van der Waals surface area contributed by atoms with Gasteiger partial charge in [-0.15, -0.1) is 6.58 Å². The largest absolute Gasteiger partial charge is 0.354 e. The second kappa shape index (κ2) is 9.42. The fourth-order valence-electron chi connectivity index (χ4n) is 2.60. The summed E-state index contributed by atoms with van der Waals surface area (Å²) in [6, 6.07) is 0.453. The van der Waals surface area contributed by atoms with Gasteiger partial charge in [0.15, 0.2) is 5.96 Å². The van der Waals surface area contributed by atoms with E-state index in [1.807, 2.05) is 0 Å². The SMILES string of the molecule is C=CCNC(=NCC(=O)N(C)C)NC1CCCC(CC)C1. The van der Waals surface area contributed by atoms with Crippen LogP contribution < -0.4 is 10.6 Å². The minimum Gasteiger partial charge on any atom is -0.354 e. The van der Waals surface area contributed by atoms with E-state index in [0.717, 1.165) is 5.92 Å². The molecule has 0 radical (unpaired) electrons. The van der Waals surface area contributed by atoms with Gasteiger partial charge in [-0.1, -0.05) is 32.3 Å². The lowest BCUT2D eigenvalue weighted by Crippen LogP contribution is -2.45. The number of carbonyl (C=O) groups excluding carboxylic acids is 1. The maximum Gasteiger partial charge on any atom is 0.243 e. The molecule has 21 heavy (non-hydrogen) atoms. The minimum atomic E-state index is 0.00443. The number of amides is 1. The molecule has 2 N–H and O–H groups in total. The predicted octanol–water partition coefficient (Wildman–Crippen LogP) is 1.76. The van der Waals surface area contributed by atoms with Crippen molar-refractivity contribution in [2.45, 2.75) is 45.1 Å². The molecule has 0 aromatic carbocycles. The van der Waals surface area contributed by atoms with E-state index >= 15 is 0 Å². The molecule has 5 heteroatoms. The maximum atomic E-state index is 11.7. The van der Waals surface area contributed by atoms with Gasteiger partial charge in [-0.05, 0) is 18.8 Å². The number of hydrogen-bond donors (Lipinski definition) is 2. The Hall–Kier alpha value is -1.52. The van der Waals surface area contributed by atoms with Gasteiger partial charge in [0.1, 0.15) is 6.54 Å². The Morgan fingerprint density at radius 3 is 2.81 bits per heavy atom. The third-order valence-corrected chi connectivity index (χ3v) is 3.99. The summed E-state index contributed by atoms with van der Waals surface area (Å²) in [6.07, 6.45) is 7.99. The Kier molecular flexibility index (Phi) is 7.87. The zero-order valence-corrected chi connectivity index (χ0v) is 13.7. The van der Waals surface area contributed by atoms with Gasteiger partial charge in [-0.2, -0.15) is 0 Å². The third kappa shape index (κ3) is 6.65. The summed E-state index contributed by atoms with van der Waals surface area (Å²) in [5, 5.41) is 6.66. The van der Waals surface area contributed by atoms with Crippen molar-refractivity contribution in [2.24, 2.45) is 10.9 Å². The van der Waals surface area contributed by atoms with E-state index in [2.05, 4.69) is 29.1 Å². The van der Waals surface area contributed by atoms with Gasteiger partial charge in [0.2, 0.25) is 5.91 Å². The van der Waals surface area contributed by atoms with Crippen LogP contribution in [0.15, 0.2) is 17.6 Å². The number of carbonyl (C=O) groups is 1. The van der Waals surface area contributed by atoms with Crippen molar-refractivity contribution in [1.29, 1.82) is 0 Å². The Balaban J connectivity index is 2.57. The molecule has 2 unspecified atom stereocenters. The van der Waals surface area contributed by atoms with Crippen LogP contribution >= 0.6 is 0 Å². The molecule has 0 bridgehead atoms. The van der Waals surface area contributed by atoms with Gasteiger partial charge >= 0.3 is 0 Å². The summed E-state index contributed by atoms with van der Waals surface area (Å²) in [7, 11) is 3.49. The predicted molar refractivity (Wildman–Crippen MR) is 88.4 cm³/mol. The van der Waals surface area contributed by atoms with E-state index in [9.17, 15) is 4.79 Å². The van der Waals surface area contributed by atoms with Crippen LogP contribution in [-0.2, 0) is 4.79 Å². The van der Waals surface area contributed by atoms with E-state index < -0.39 is 0 Å². The molecule has 2 atom stereocenters. The van der Waals surface area contributed by atoms with Crippen molar-refractivity contribution < 1.29 is 4.79 Å². The average molecular weight is 294 g/mol. The monoisotopic (exact) mass is 294 g/mol. The first-order valence-electron chi connectivity index (χ1n) is 7.92. The molecule has 5 nitrogen and oxygen atoms in total. The highest BCUT2D eigenvalue weighted by Gasteiger charge is 2.21. The van der Waals surface area contributed by atoms with Crippen LogP contribution in [-0.4, -0.2) is 50.0 Å². The summed E-state index contributed by atoms with van der Waals surface area (Å²) in [5.41, 5.74) is 0. The molecule has 1 amide bonds. The first-order valence-corrected chi connectivity index (χ1v) is 7.92. The first-order chi connectivity index (χ1) is 10.1. The average Bonchev–Trinajstić information content (AvgIpc) is 2.49. The summed E-state index contributed by atoms with van der Waals surface area (Å²) >= 11 is 0. The van der Waals surface area contributed by atoms with Gasteiger partial charge < -0.3 is 15.5 Å². The van der Waals surface area contributed by atoms with Crippen molar-refractivity contribution in [3.63, 3.8) is 0 Å². The van der Waals surface area contributed by atoms with Crippen molar-refractivity contribution in [2.75, 3.05) is 27.2 Å². The first kappa shape index (κ1) is 17.5. The zero-order chi connectivity index (χ0) is 15.7. The van der Waals surface area contributed by atoms with Crippen LogP contribution in [0.5, 0.6) is 0 Å². The van der Waals surface area contributed by atoms with E-state index in [4.69, 9.17) is 0 Å². The van der Waals surface area contributed by atoms with Crippen LogP contribution in [0.1, 0.15) is 39.0 Å². The molecular weight excluding hydrogens is 264 g/mol. The zero-order valence-electron chi connectivity index (χ0n) is 13.7. The normalized spacial score (nSPS) is 22.5. The van der Waals surface area contributed by atoms with E-state index in [1.165, 1.54) is 32.1 Å². The Morgan fingerprint density at radius 2 is 2.19 bits per heavy atom. The second-order valence-corrected chi connectivity index (χ2v) is 5.90. The molecule has 1 fully saturated rings. The number of guanidine groups is 1. The van der Waals surface area contributed by atoms with Crippen LogP contribution in [0.25, 0.3) is 0 Å². The Morgan fingerprint density at radius 1 is 1.43 bits per heavy atom. The molecule has 0 heterocycles. The molecular formula is C16H30N4O. The number of aliphatic imine (C=N–C) groups is 1. The lowest BCUT2D eigenvalue weighted by molar-refractivity contribution is -0.127. The van der Waals surface area contributed by atoms with Crippen molar-refractivity contribution >= 4 is 11.9 Å². The molecule has 0 saturated heterocycles. The smallest absolute Gasteiger partial charge is 0.243 e. The van der Waals surface area contributed by atoms with Crippen LogP contribution in [0.4, 0.5) is 0 Å². The second-order valence-electron chi connectivity index (χ2n) is 5.90. The van der Waals surface area contributed by atoms with E-state index in [-0.39, 0.29) is 12.5 Å². The summed E-state index contributed by atoms with van der Waals surface area (Å²) < 4.78 is 0. The highest BCUT2D eigenvalue weighted by molar-refractivity contribution is 5.85. The number of rotatable bonds is 6. The van der Waals surface area contributed by atoms with Gasteiger partial charge in [-0.25, -0.2) is 4.99 Å². The number of nitrogens with one attached hydrogen (secondary N) is 2. The minimum absolute atomic E-state index is 0.00443. The lowest BCUT2D eigenvalue weighted by Gasteiger charge is -2.30. The highest BCUT2D eigenvalue weighted by Crippen LogP contribution is 2.26. The van der Waals surface area contributed by atoms with Gasteiger partial charge in [0, 0.05) is 26.7 Å². The standard InChI is InChI=1S/C16H30N4O/c1-5-10-17-16(18-12-15(21)20(3)4)19-14-9-7-8-13(6-2)11-14/h5,13-14H,1,6-12H2,2-4H3,(H2,17,18,19). The number of nitrogens with zero attached hydrogens (tertiary/aromatic N) is 2. The van der Waals surface area contributed by atoms with Crippen LogP contribution in [0.2, 0.25) is 0 Å². The fraction of sp³-hybridized carbons (Fsp3) is 0.750.